The molecule has 20 heavy (non-hydrogen) atoms. The van der Waals surface area contributed by atoms with E-state index in [0.717, 1.165) is 18.2 Å². The summed E-state index contributed by atoms with van der Waals surface area (Å²) in [5, 5.41) is 0.0496. The lowest BCUT2D eigenvalue weighted by Gasteiger charge is -2.15. The molecule has 0 saturated heterocycles. The van der Waals surface area contributed by atoms with E-state index in [9.17, 15) is 22.0 Å². The van der Waals surface area contributed by atoms with Crippen molar-refractivity contribution >= 4 is 11.6 Å². The van der Waals surface area contributed by atoms with Crippen molar-refractivity contribution in [2.24, 2.45) is 0 Å². The van der Waals surface area contributed by atoms with Gasteiger partial charge < -0.3 is 0 Å². The zero-order valence-corrected chi connectivity index (χ0v) is 10.6. The largest absolute Gasteiger partial charge is 0.417 e. The Morgan fingerprint density at radius 1 is 0.900 bits per heavy atom. The fourth-order valence-electron chi connectivity index (χ4n) is 1.92. The average Bonchev–Trinajstić information content (AvgIpc) is 2.37. The molecule has 2 aromatic carbocycles. The van der Waals surface area contributed by atoms with Crippen LogP contribution in [0.2, 0.25) is 5.02 Å². The molecule has 0 saturated carbocycles. The summed E-state index contributed by atoms with van der Waals surface area (Å²) in [7, 11) is 0. The molecule has 2 aromatic rings. The zero-order chi connectivity index (χ0) is 14.9. The Kier molecular flexibility index (Phi) is 3.99. The summed E-state index contributed by atoms with van der Waals surface area (Å²) >= 11 is 5.62. The van der Waals surface area contributed by atoms with Crippen LogP contribution in [0.4, 0.5) is 22.0 Å². The number of alkyl halides is 5. The van der Waals surface area contributed by atoms with E-state index >= 15 is 0 Å². The van der Waals surface area contributed by atoms with Gasteiger partial charge in [-0.1, -0.05) is 35.9 Å². The molecule has 0 atom stereocenters. The summed E-state index contributed by atoms with van der Waals surface area (Å²) in [5.41, 5.74) is -1.93. The van der Waals surface area contributed by atoms with E-state index < -0.39 is 23.7 Å². The second-order valence-corrected chi connectivity index (χ2v) is 4.51. The van der Waals surface area contributed by atoms with Crippen LogP contribution in [-0.4, -0.2) is 0 Å². The predicted octanol–water partition coefficient (Wildman–Crippen LogP) is 5.96. The highest BCUT2D eigenvalue weighted by Crippen LogP contribution is 2.40. The van der Waals surface area contributed by atoms with Gasteiger partial charge in [0.1, 0.15) is 0 Å². The Balaban J connectivity index is 2.70. The van der Waals surface area contributed by atoms with Crippen molar-refractivity contribution in [3.8, 4) is 11.1 Å². The number of rotatable bonds is 2. The zero-order valence-electron chi connectivity index (χ0n) is 9.89. The third-order valence-corrected chi connectivity index (χ3v) is 3.01. The molecule has 0 aromatic heterocycles. The average molecular weight is 307 g/mol. The molecule has 0 bridgehead atoms. The molecule has 0 aliphatic carbocycles. The minimum Gasteiger partial charge on any atom is -0.205 e. The molecule has 0 heterocycles. The van der Waals surface area contributed by atoms with E-state index in [1.807, 2.05) is 0 Å². The molecule has 0 aliphatic rings. The summed E-state index contributed by atoms with van der Waals surface area (Å²) in [4.78, 5) is 0. The van der Waals surface area contributed by atoms with E-state index in [-0.39, 0.29) is 16.1 Å². The summed E-state index contributed by atoms with van der Waals surface area (Å²) in [5.74, 6) is 0. The van der Waals surface area contributed by atoms with E-state index in [1.54, 1.807) is 0 Å². The minimum atomic E-state index is -4.62. The number of benzene rings is 2. The van der Waals surface area contributed by atoms with E-state index in [2.05, 4.69) is 0 Å². The molecule has 0 N–H and O–H groups in total. The van der Waals surface area contributed by atoms with Crippen LogP contribution < -0.4 is 0 Å². The standard InChI is InChI=1S/C14H8ClF5/c15-8-5-6-9(11(7-8)13(16)17)10-3-1-2-4-12(10)14(18,19)20/h1-7,13H. The number of hydrogen-bond donors (Lipinski definition) is 0. The fraction of sp³-hybridized carbons (Fsp3) is 0.143. The molecule has 0 amide bonds. The molecule has 6 heteroatoms. The molecule has 0 aliphatic heterocycles. The van der Waals surface area contributed by atoms with E-state index in [1.165, 1.54) is 24.3 Å². The lowest BCUT2D eigenvalue weighted by molar-refractivity contribution is -0.137. The van der Waals surface area contributed by atoms with Gasteiger partial charge in [-0.05, 0) is 29.3 Å². The smallest absolute Gasteiger partial charge is 0.205 e. The Labute approximate surface area is 116 Å². The van der Waals surface area contributed by atoms with Gasteiger partial charge in [0.2, 0.25) is 0 Å². The summed E-state index contributed by atoms with van der Waals surface area (Å²) < 4.78 is 64.8. The lowest BCUT2D eigenvalue weighted by atomic mass is 9.95. The minimum absolute atomic E-state index is 0.0496. The summed E-state index contributed by atoms with van der Waals surface area (Å²) in [6.07, 6.45) is -7.53. The summed E-state index contributed by atoms with van der Waals surface area (Å²) in [6.45, 7) is 0. The molecular weight excluding hydrogens is 299 g/mol. The number of hydrogen-bond acceptors (Lipinski definition) is 0. The van der Waals surface area contributed by atoms with Gasteiger partial charge >= 0.3 is 6.18 Å². The molecule has 106 valence electrons. The van der Waals surface area contributed by atoms with Crippen LogP contribution in [-0.2, 0) is 6.18 Å². The highest BCUT2D eigenvalue weighted by molar-refractivity contribution is 6.30. The first kappa shape index (κ1) is 14.8. The van der Waals surface area contributed by atoms with E-state index in [0.29, 0.717) is 0 Å². The van der Waals surface area contributed by atoms with Gasteiger partial charge in [-0.15, -0.1) is 0 Å². The van der Waals surface area contributed by atoms with Crippen LogP contribution in [0.1, 0.15) is 17.6 Å². The third-order valence-electron chi connectivity index (χ3n) is 2.77. The van der Waals surface area contributed by atoms with E-state index in [4.69, 9.17) is 11.6 Å². The van der Waals surface area contributed by atoms with Crippen molar-refractivity contribution in [1.29, 1.82) is 0 Å². The highest BCUT2D eigenvalue weighted by Gasteiger charge is 2.34. The van der Waals surface area contributed by atoms with Crippen molar-refractivity contribution in [2.75, 3.05) is 0 Å². The lowest BCUT2D eigenvalue weighted by Crippen LogP contribution is -2.07. The molecule has 0 nitrogen and oxygen atoms in total. The van der Waals surface area contributed by atoms with Crippen molar-refractivity contribution in [1.82, 2.24) is 0 Å². The first-order valence-electron chi connectivity index (χ1n) is 5.55. The Morgan fingerprint density at radius 3 is 2.15 bits per heavy atom. The van der Waals surface area contributed by atoms with Gasteiger partial charge in [-0.25, -0.2) is 8.78 Å². The van der Waals surface area contributed by atoms with Gasteiger partial charge in [0.25, 0.3) is 6.43 Å². The first-order valence-corrected chi connectivity index (χ1v) is 5.92. The van der Waals surface area contributed by atoms with Gasteiger partial charge in [-0.2, -0.15) is 13.2 Å². The third kappa shape index (κ3) is 2.93. The number of halogens is 6. The van der Waals surface area contributed by atoms with Crippen LogP contribution in [0.15, 0.2) is 42.5 Å². The van der Waals surface area contributed by atoms with Crippen molar-refractivity contribution < 1.29 is 22.0 Å². The van der Waals surface area contributed by atoms with Crippen LogP contribution in [0.3, 0.4) is 0 Å². The Morgan fingerprint density at radius 2 is 1.55 bits per heavy atom. The van der Waals surface area contributed by atoms with Gasteiger partial charge in [0.05, 0.1) is 5.56 Å². The van der Waals surface area contributed by atoms with Crippen LogP contribution in [0.25, 0.3) is 11.1 Å². The maximum absolute atomic E-state index is 13.0. The topological polar surface area (TPSA) is 0 Å². The van der Waals surface area contributed by atoms with Gasteiger partial charge in [-0.3, -0.25) is 0 Å². The molecular formula is C14H8ClF5. The Hall–Kier alpha value is -1.62. The van der Waals surface area contributed by atoms with Gasteiger partial charge in [0.15, 0.2) is 0 Å². The quantitative estimate of drug-likeness (QED) is 0.600. The molecule has 0 fully saturated rings. The Bertz CT molecular complexity index is 619. The molecule has 0 unspecified atom stereocenters. The highest BCUT2D eigenvalue weighted by atomic mass is 35.5. The van der Waals surface area contributed by atoms with Crippen LogP contribution >= 0.6 is 11.6 Å². The first-order chi connectivity index (χ1) is 9.30. The van der Waals surface area contributed by atoms with Crippen molar-refractivity contribution in [3.63, 3.8) is 0 Å². The second-order valence-electron chi connectivity index (χ2n) is 4.08. The van der Waals surface area contributed by atoms with Crippen molar-refractivity contribution in [2.45, 2.75) is 12.6 Å². The molecule has 2 rings (SSSR count). The second kappa shape index (κ2) is 5.40. The molecule has 0 spiro atoms. The normalized spacial score (nSPS) is 11.9. The summed E-state index contributed by atoms with van der Waals surface area (Å²) in [6, 6.07) is 8.05. The monoisotopic (exact) mass is 306 g/mol. The van der Waals surface area contributed by atoms with Crippen molar-refractivity contribution in [3.05, 3.63) is 58.6 Å². The fourth-order valence-corrected chi connectivity index (χ4v) is 2.11. The SMILES string of the molecule is FC(F)c1cc(Cl)ccc1-c1ccccc1C(F)(F)F. The predicted molar refractivity (Wildman–Crippen MR) is 66.8 cm³/mol. The van der Waals surface area contributed by atoms with Crippen LogP contribution in [0.5, 0.6) is 0 Å². The molecule has 0 radical (unpaired) electrons. The van der Waals surface area contributed by atoms with Gasteiger partial charge in [0, 0.05) is 10.6 Å². The maximum atomic E-state index is 13.0. The maximum Gasteiger partial charge on any atom is 0.417 e. The van der Waals surface area contributed by atoms with Crippen LogP contribution in [0, 0.1) is 0 Å².